The van der Waals surface area contributed by atoms with E-state index in [1.165, 1.54) is 11.0 Å². The average molecular weight is 396 g/mol. The smallest absolute Gasteiger partial charge is 0.414 e. The zero-order valence-electron chi connectivity index (χ0n) is 14.4. The molecule has 1 amide bonds. The Bertz CT molecular complexity index is 708. The van der Waals surface area contributed by atoms with Crippen LogP contribution in [0.2, 0.25) is 0 Å². The van der Waals surface area contributed by atoms with Crippen molar-refractivity contribution in [3.8, 4) is 0 Å². The molecular weight excluding hydrogens is 373 g/mol. The van der Waals surface area contributed by atoms with Gasteiger partial charge in [0.15, 0.2) is 0 Å². The zero-order chi connectivity index (χ0) is 18.1. The molecule has 3 aliphatic rings. The van der Waals surface area contributed by atoms with Gasteiger partial charge in [0.2, 0.25) is 0 Å². The molecule has 0 radical (unpaired) electrons. The van der Waals surface area contributed by atoms with E-state index in [1.807, 2.05) is 11.8 Å². The second kappa shape index (κ2) is 7.60. The molecule has 1 aromatic rings. The second-order valence-corrected chi connectivity index (χ2v) is 8.54. The summed E-state index contributed by atoms with van der Waals surface area (Å²) in [6, 6.07) is 5.00. The Morgan fingerprint density at radius 2 is 2.12 bits per heavy atom. The SMILES string of the molecule is O=C1O[C@@H](CNC(=S)C2CC2)CN1c1ccc(N2CCSCC2)c(F)c1. The van der Waals surface area contributed by atoms with Crippen LogP contribution in [0.25, 0.3) is 0 Å². The van der Waals surface area contributed by atoms with Crippen LogP contribution in [0.3, 0.4) is 0 Å². The molecule has 2 saturated heterocycles. The van der Waals surface area contributed by atoms with Gasteiger partial charge in [-0.25, -0.2) is 9.18 Å². The topological polar surface area (TPSA) is 44.8 Å². The number of cyclic esters (lactones) is 1. The van der Waals surface area contributed by atoms with Gasteiger partial charge in [-0.05, 0) is 31.0 Å². The number of nitrogens with one attached hydrogen (secondary N) is 1. The number of hydrogen-bond acceptors (Lipinski definition) is 5. The molecule has 5 nitrogen and oxygen atoms in total. The van der Waals surface area contributed by atoms with E-state index in [-0.39, 0.29) is 11.9 Å². The Balaban J connectivity index is 1.39. The number of anilines is 2. The molecule has 0 spiro atoms. The monoisotopic (exact) mass is 395 g/mol. The number of amides is 1. The molecule has 0 aromatic heterocycles. The molecule has 2 heterocycles. The van der Waals surface area contributed by atoms with Crippen molar-refractivity contribution < 1.29 is 13.9 Å². The van der Waals surface area contributed by atoms with Crippen LogP contribution in [0.5, 0.6) is 0 Å². The highest BCUT2D eigenvalue weighted by Gasteiger charge is 2.34. The molecule has 140 valence electrons. The summed E-state index contributed by atoms with van der Waals surface area (Å²) in [4.78, 5) is 16.6. The number of thioether (sulfide) groups is 1. The molecule has 2 aliphatic heterocycles. The van der Waals surface area contributed by atoms with E-state index in [0.717, 1.165) is 42.4 Å². The lowest BCUT2D eigenvalue weighted by atomic mass is 10.2. The number of hydrogen-bond donors (Lipinski definition) is 1. The van der Waals surface area contributed by atoms with Crippen molar-refractivity contribution in [1.29, 1.82) is 0 Å². The van der Waals surface area contributed by atoms with Crippen molar-refractivity contribution in [2.24, 2.45) is 5.92 Å². The number of rotatable bonds is 5. The second-order valence-electron chi connectivity index (χ2n) is 6.87. The van der Waals surface area contributed by atoms with Gasteiger partial charge in [-0.2, -0.15) is 11.8 Å². The number of carbonyl (C=O) groups excluding carboxylic acids is 1. The maximum Gasteiger partial charge on any atom is 0.414 e. The van der Waals surface area contributed by atoms with Gasteiger partial charge >= 0.3 is 6.09 Å². The minimum atomic E-state index is -0.435. The highest BCUT2D eigenvalue weighted by Crippen LogP contribution is 2.31. The maximum atomic E-state index is 14.6. The Labute approximate surface area is 162 Å². The largest absolute Gasteiger partial charge is 0.442 e. The highest BCUT2D eigenvalue weighted by atomic mass is 32.2. The van der Waals surface area contributed by atoms with E-state index >= 15 is 0 Å². The first-order valence-corrected chi connectivity index (χ1v) is 10.6. The predicted octanol–water partition coefficient (Wildman–Crippen LogP) is 3.03. The predicted molar refractivity (Wildman–Crippen MR) is 107 cm³/mol. The zero-order valence-corrected chi connectivity index (χ0v) is 16.1. The Morgan fingerprint density at radius 3 is 2.81 bits per heavy atom. The van der Waals surface area contributed by atoms with Crippen LogP contribution >= 0.6 is 24.0 Å². The van der Waals surface area contributed by atoms with Crippen molar-refractivity contribution >= 4 is 46.4 Å². The third-order valence-corrected chi connectivity index (χ3v) is 6.34. The summed E-state index contributed by atoms with van der Waals surface area (Å²) in [5.41, 5.74) is 1.14. The molecule has 8 heteroatoms. The van der Waals surface area contributed by atoms with Gasteiger partial charge in [-0.15, -0.1) is 0 Å². The molecule has 1 aliphatic carbocycles. The van der Waals surface area contributed by atoms with Crippen LogP contribution in [0.15, 0.2) is 18.2 Å². The van der Waals surface area contributed by atoms with Gasteiger partial charge < -0.3 is 15.0 Å². The number of carbonyl (C=O) groups is 1. The van der Waals surface area contributed by atoms with Gasteiger partial charge in [-0.1, -0.05) is 12.2 Å². The Kier molecular flexibility index (Phi) is 5.22. The average Bonchev–Trinajstić information content (AvgIpc) is 3.43. The molecule has 1 atom stereocenters. The van der Waals surface area contributed by atoms with E-state index in [2.05, 4.69) is 10.2 Å². The fourth-order valence-corrected chi connectivity index (χ4v) is 4.49. The highest BCUT2D eigenvalue weighted by molar-refractivity contribution is 7.99. The van der Waals surface area contributed by atoms with E-state index < -0.39 is 6.09 Å². The number of benzene rings is 1. The van der Waals surface area contributed by atoms with E-state index in [9.17, 15) is 9.18 Å². The molecule has 1 N–H and O–H groups in total. The van der Waals surface area contributed by atoms with Crippen molar-refractivity contribution in [1.82, 2.24) is 5.32 Å². The van der Waals surface area contributed by atoms with Crippen molar-refractivity contribution in [2.75, 3.05) is 47.5 Å². The van der Waals surface area contributed by atoms with Gasteiger partial charge in [0.25, 0.3) is 0 Å². The minimum absolute atomic E-state index is 0.277. The maximum absolute atomic E-state index is 14.6. The summed E-state index contributed by atoms with van der Waals surface area (Å²) in [5, 5.41) is 3.19. The quantitative estimate of drug-likeness (QED) is 0.774. The minimum Gasteiger partial charge on any atom is -0.442 e. The molecule has 4 rings (SSSR count). The van der Waals surface area contributed by atoms with Crippen LogP contribution < -0.4 is 15.1 Å². The molecule has 26 heavy (non-hydrogen) atoms. The summed E-state index contributed by atoms with van der Waals surface area (Å²) >= 11 is 7.19. The lowest BCUT2D eigenvalue weighted by Crippen LogP contribution is -2.34. The third kappa shape index (κ3) is 3.91. The van der Waals surface area contributed by atoms with Gasteiger partial charge in [0.1, 0.15) is 11.9 Å². The molecular formula is C18H22FN3O2S2. The summed E-state index contributed by atoms with van der Waals surface area (Å²) in [7, 11) is 0. The molecule has 1 aromatic carbocycles. The van der Waals surface area contributed by atoms with Crippen LogP contribution in [0.1, 0.15) is 12.8 Å². The van der Waals surface area contributed by atoms with Gasteiger partial charge in [-0.3, -0.25) is 4.90 Å². The van der Waals surface area contributed by atoms with Gasteiger partial charge in [0, 0.05) is 30.5 Å². The number of halogens is 1. The summed E-state index contributed by atoms with van der Waals surface area (Å²) in [6.07, 6.45) is 1.57. The standard InChI is InChI=1S/C18H22FN3O2S2/c19-15-9-13(3-4-16(15)21-5-7-26-8-6-21)22-11-14(24-18(22)23)10-20-17(25)12-1-2-12/h3-4,9,12,14H,1-2,5-8,10-11H2,(H,20,25)/t14-/m0/s1. The van der Waals surface area contributed by atoms with Crippen LogP contribution in [-0.4, -0.2) is 54.9 Å². The third-order valence-electron chi connectivity index (χ3n) is 4.92. The molecule has 0 bridgehead atoms. The Hall–Kier alpha value is -1.54. The van der Waals surface area contributed by atoms with Crippen LogP contribution in [0.4, 0.5) is 20.6 Å². The number of ether oxygens (including phenoxy) is 1. The van der Waals surface area contributed by atoms with E-state index in [1.54, 1.807) is 12.1 Å². The number of thiocarbonyl (C=S) groups is 1. The van der Waals surface area contributed by atoms with Crippen LogP contribution in [0, 0.1) is 11.7 Å². The summed E-state index contributed by atoms with van der Waals surface area (Å²) in [5.74, 6) is 2.22. The molecule has 1 saturated carbocycles. The molecule has 0 unspecified atom stereocenters. The van der Waals surface area contributed by atoms with E-state index in [0.29, 0.717) is 30.4 Å². The van der Waals surface area contributed by atoms with E-state index in [4.69, 9.17) is 17.0 Å². The Morgan fingerprint density at radius 1 is 1.35 bits per heavy atom. The van der Waals surface area contributed by atoms with Crippen molar-refractivity contribution in [3.05, 3.63) is 24.0 Å². The summed E-state index contributed by atoms with van der Waals surface area (Å²) < 4.78 is 20.0. The lowest BCUT2D eigenvalue weighted by molar-refractivity contribution is 0.143. The first-order chi connectivity index (χ1) is 12.6. The first-order valence-electron chi connectivity index (χ1n) is 9.00. The van der Waals surface area contributed by atoms with Crippen LogP contribution in [-0.2, 0) is 4.74 Å². The fraction of sp³-hybridized carbons (Fsp3) is 0.556. The van der Waals surface area contributed by atoms with Crippen molar-refractivity contribution in [2.45, 2.75) is 18.9 Å². The van der Waals surface area contributed by atoms with Crippen molar-refractivity contribution in [3.63, 3.8) is 0 Å². The number of nitrogens with zero attached hydrogens (tertiary/aromatic N) is 2. The first kappa shape index (κ1) is 17.9. The summed E-state index contributed by atoms with van der Waals surface area (Å²) in [6.45, 7) is 2.60. The fourth-order valence-electron chi connectivity index (χ4n) is 3.27. The normalized spacial score (nSPS) is 23.1. The van der Waals surface area contributed by atoms with Gasteiger partial charge in [0.05, 0.1) is 29.5 Å². The lowest BCUT2D eigenvalue weighted by Gasteiger charge is -2.29. The molecule has 3 fully saturated rings.